The van der Waals surface area contributed by atoms with Crippen LogP contribution in [0.4, 0.5) is 0 Å². The van der Waals surface area contributed by atoms with Gasteiger partial charge in [0.25, 0.3) is 0 Å². The highest BCUT2D eigenvalue weighted by Crippen LogP contribution is 2.26. The van der Waals surface area contributed by atoms with Gasteiger partial charge in [0.15, 0.2) is 5.76 Å². The number of aliphatic imine (C=N–C) groups is 1. The number of carbonyl (C=O) groups excluding carboxylic acids is 1. The zero-order valence-corrected chi connectivity index (χ0v) is 11.6. The van der Waals surface area contributed by atoms with Crippen molar-refractivity contribution in [1.29, 1.82) is 0 Å². The molecule has 1 aliphatic heterocycles. The van der Waals surface area contributed by atoms with E-state index in [0.29, 0.717) is 37.4 Å². The normalized spacial score (nSPS) is 18.2. The van der Waals surface area contributed by atoms with Crippen LogP contribution in [-0.4, -0.2) is 43.1 Å². The van der Waals surface area contributed by atoms with Crippen molar-refractivity contribution in [3.8, 4) is 0 Å². The Morgan fingerprint density at radius 2 is 2.00 bits per heavy atom. The Labute approximate surface area is 111 Å². The van der Waals surface area contributed by atoms with Crippen molar-refractivity contribution >= 4 is 16.1 Å². The molecule has 0 spiro atoms. The van der Waals surface area contributed by atoms with Gasteiger partial charge in [-0.25, -0.2) is 18.2 Å². The van der Waals surface area contributed by atoms with Crippen molar-refractivity contribution < 1.29 is 17.7 Å². The van der Waals surface area contributed by atoms with E-state index in [2.05, 4.69) is 10.1 Å². The number of hydrogen-bond donors (Lipinski definition) is 0. The van der Waals surface area contributed by atoms with Crippen LogP contribution in [0.5, 0.6) is 0 Å². The summed E-state index contributed by atoms with van der Waals surface area (Å²) >= 11 is 0. The van der Waals surface area contributed by atoms with Crippen LogP contribution in [0.1, 0.15) is 24.3 Å². The van der Waals surface area contributed by atoms with E-state index in [1.165, 1.54) is 10.4 Å². The maximum absolute atomic E-state index is 12.5. The third-order valence-electron chi connectivity index (χ3n) is 3.22. The zero-order valence-electron chi connectivity index (χ0n) is 10.8. The molecule has 1 aliphatic rings. The van der Waals surface area contributed by atoms with Gasteiger partial charge in [-0.1, -0.05) is 5.16 Å². The molecule has 2 heterocycles. The SMILES string of the molecule is Cc1noc(C)c1S(=O)(=O)N1CCC(N=C=O)CC1. The molecule has 1 aromatic heterocycles. The molecule has 1 saturated heterocycles. The van der Waals surface area contributed by atoms with E-state index in [1.807, 2.05) is 0 Å². The monoisotopic (exact) mass is 285 g/mol. The molecule has 2 rings (SSSR count). The molecule has 1 fully saturated rings. The second-order valence-electron chi connectivity index (χ2n) is 4.51. The lowest BCUT2D eigenvalue weighted by molar-refractivity contribution is 0.319. The van der Waals surface area contributed by atoms with Crippen LogP contribution in [0.2, 0.25) is 0 Å². The van der Waals surface area contributed by atoms with E-state index in [9.17, 15) is 13.2 Å². The lowest BCUT2D eigenvalue weighted by atomic mass is 10.1. The minimum atomic E-state index is -3.58. The summed E-state index contributed by atoms with van der Waals surface area (Å²) in [7, 11) is -3.58. The molecule has 19 heavy (non-hydrogen) atoms. The lowest BCUT2D eigenvalue weighted by Crippen LogP contribution is -2.39. The number of rotatable bonds is 3. The molecule has 0 atom stereocenters. The molecule has 0 aromatic carbocycles. The topological polar surface area (TPSA) is 92.8 Å². The standard InChI is InChI=1S/C11H15N3O4S/c1-8-11(9(2)18-13-8)19(16,17)14-5-3-10(4-6-14)12-7-15/h10H,3-6H2,1-2H3. The maximum Gasteiger partial charge on any atom is 0.248 e. The second kappa shape index (κ2) is 5.24. The number of aryl methyl sites for hydroxylation is 2. The summed E-state index contributed by atoms with van der Waals surface area (Å²) in [6.45, 7) is 3.85. The Kier molecular flexibility index (Phi) is 3.84. The average molecular weight is 285 g/mol. The number of nitrogens with zero attached hydrogens (tertiary/aromatic N) is 3. The number of piperidine rings is 1. The van der Waals surface area contributed by atoms with Gasteiger partial charge >= 0.3 is 0 Å². The Bertz CT molecular complexity index is 588. The van der Waals surface area contributed by atoms with Gasteiger partial charge < -0.3 is 4.52 Å². The lowest BCUT2D eigenvalue weighted by Gasteiger charge is -2.28. The van der Waals surface area contributed by atoms with Gasteiger partial charge in [-0.3, -0.25) is 0 Å². The summed E-state index contributed by atoms with van der Waals surface area (Å²) in [5.41, 5.74) is 0.366. The summed E-state index contributed by atoms with van der Waals surface area (Å²) in [4.78, 5) is 14.0. The van der Waals surface area contributed by atoms with Crippen LogP contribution < -0.4 is 0 Å². The molecule has 0 aliphatic carbocycles. The first-order chi connectivity index (χ1) is 8.96. The molecule has 0 radical (unpaired) electrons. The fraction of sp³-hybridized carbons (Fsp3) is 0.636. The summed E-state index contributed by atoms with van der Waals surface area (Å²) in [6, 6.07) is -0.131. The first-order valence-corrected chi connectivity index (χ1v) is 7.41. The largest absolute Gasteiger partial charge is 0.360 e. The Morgan fingerprint density at radius 1 is 1.37 bits per heavy atom. The molecular weight excluding hydrogens is 270 g/mol. The van der Waals surface area contributed by atoms with E-state index < -0.39 is 10.0 Å². The third kappa shape index (κ3) is 2.60. The van der Waals surface area contributed by atoms with Crippen molar-refractivity contribution in [3.05, 3.63) is 11.5 Å². The molecule has 0 bridgehead atoms. The highest BCUT2D eigenvalue weighted by Gasteiger charge is 2.33. The molecule has 0 saturated carbocycles. The van der Waals surface area contributed by atoms with Gasteiger partial charge in [-0.2, -0.15) is 4.31 Å². The summed E-state index contributed by atoms with van der Waals surface area (Å²) in [5.74, 6) is 0.297. The Morgan fingerprint density at radius 3 is 2.47 bits per heavy atom. The predicted octanol–water partition coefficient (Wildman–Crippen LogP) is 0.780. The van der Waals surface area contributed by atoms with Gasteiger partial charge in [-0.05, 0) is 26.7 Å². The highest BCUT2D eigenvalue weighted by molar-refractivity contribution is 7.89. The maximum atomic E-state index is 12.5. The van der Waals surface area contributed by atoms with Crippen LogP contribution in [0.25, 0.3) is 0 Å². The first kappa shape index (κ1) is 13.9. The van der Waals surface area contributed by atoms with Gasteiger partial charge in [-0.15, -0.1) is 0 Å². The van der Waals surface area contributed by atoms with Gasteiger partial charge in [0.1, 0.15) is 10.6 Å². The number of hydrogen-bond acceptors (Lipinski definition) is 6. The molecular formula is C11H15N3O4S. The first-order valence-electron chi connectivity index (χ1n) is 5.97. The van der Waals surface area contributed by atoms with E-state index in [0.717, 1.165) is 0 Å². The van der Waals surface area contributed by atoms with Crippen LogP contribution in [0, 0.1) is 13.8 Å². The minimum absolute atomic E-state index is 0.131. The molecule has 8 heteroatoms. The Hall–Kier alpha value is -1.50. The molecule has 0 amide bonds. The average Bonchev–Trinajstić information content (AvgIpc) is 2.70. The number of sulfonamides is 1. The van der Waals surface area contributed by atoms with Crippen molar-refractivity contribution in [2.75, 3.05) is 13.1 Å². The quantitative estimate of drug-likeness (QED) is 0.604. The third-order valence-corrected chi connectivity index (χ3v) is 5.37. The minimum Gasteiger partial charge on any atom is -0.360 e. The van der Waals surface area contributed by atoms with Crippen molar-refractivity contribution in [2.45, 2.75) is 37.6 Å². The van der Waals surface area contributed by atoms with Crippen LogP contribution >= 0.6 is 0 Å². The van der Waals surface area contributed by atoms with Crippen LogP contribution in [0.3, 0.4) is 0 Å². The molecule has 0 N–H and O–H groups in total. The van der Waals surface area contributed by atoms with Crippen LogP contribution in [0.15, 0.2) is 14.4 Å². The van der Waals surface area contributed by atoms with E-state index >= 15 is 0 Å². The fourth-order valence-corrected chi connectivity index (χ4v) is 4.02. The van der Waals surface area contributed by atoms with Crippen molar-refractivity contribution in [2.24, 2.45) is 4.99 Å². The Balaban J connectivity index is 2.21. The molecule has 0 unspecified atom stereocenters. The highest BCUT2D eigenvalue weighted by atomic mass is 32.2. The van der Waals surface area contributed by atoms with E-state index in [1.54, 1.807) is 13.8 Å². The number of aromatic nitrogens is 1. The molecule has 7 nitrogen and oxygen atoms in total. The van der Waals surface area contributed by atoms with Crippen molar-refractivity contribution in [3.63, 3.8) is 0 Å². The fourth-order valence-electron chi connectivity index (χ4n) is 2.26. The summed E-state index contributed by atoms with van der Waals surface area (Å²) in [6.07, 6.45) is 2.57. The summed E-state index contributed by atoms with van der Waals surface area (Å²) < 4.78 is 31.2. The van der Waals surface area contributed by atoms with E-state index in [-0.39, 0.29) is 10.9 Å². The molecule has 1 aromatic rings. The smallest absolute Gasteiger partial charge is 0.248 e. The van der Waals surface area contributed by atoms with Crippen LogP contribution in [-0.2, 0) is 14.8 Å². The van der Waals surface area contributed by atoms with Crippen molar-refractivity contribution in [1.82, 2.24) is 9.46 Å². The van der Waals surface area contributed by atoms with Gasteiger partial charge in [0, 0.05) is 13.1 Å². The number of isocyanates is 1. The predicted molar refractivity (Wildman–Crippen MR) is 65.9 cm³/mol. The van der Waals surface area contributed by atoms with Gasteiger partial charge in [0.2, 0.25) is 16.1 Å². The van der Waals surface area contributed by atoms with E-state index in [4.69, 9.17) is 4.52 Å². The summed E-state index contributed by atoms with van der Waals surface area (Å²) in [5, 5.41) is 3.67. The second-order valence-corrected chi connectivity index (χ2v) is 6.38. The molecule has 104 valence electrons. The van der Waals surface area contributed by atoms with Gasteiger partial charge in [0.05, 0.1) is 6.04 Å². The zero-order chi connectivity index (χ0) is 14.0.